The molecule has 46 heavy (non-hydrogen) atoms. The fourth-order valence-electron chi connectivity index (χ4n) is 3.49. The molecule has 0 radical (unpaired) electrons. The number of anilines is 2. The van der Waals surface area contributed by atoms with Crippen LogP contribution in [0.4, 0.5) is 11.4 Å². The van der Waals surface area contributed by atoms with Gasteiger partial charge in [0.25, 0.3) is 0 Å². The zero-order valence-corrected chi connectivity index (χ0v) is 29.2. The molecule has 2 amide bonds. The molecule has 4 rings (SSSR count). The summed E-state index contributed by atoms with van der Waals surface area (Å²) in [6.45, 7) is 4.00. The van der Waals surface area contributed by atoms with Crippen LogP contribution >= 0.6 is 33.9 Å². The summed E-state index contributed by atoms with van der Waals surface area (Å²) < 4.78 is 10.8. The monoisotopic (exact) mass is 677 g/mol. The third-order valence-electron chi connectivity index (χ3n) is 5.64. The average molecular weight is 678 g/mol. The lowest BCUT2D eigenvalue weighted by atomic mass is 10.1. The summed E-state index contributed by atoms with van der Waals surface area (Å²) in [5.74, 6) is 0.288. The molecule has 2 aromatic carbocycles. The number of carbonyl (C=O) groups is 2. The number of aryl methyl sites for hydroxylation is 1. The molecule has 2 aromatic heterocycles. The van der Waals surface area contributed by atoms with E-state index in [1.807, 2.05) is 129 Å². The quantitative estimate of drug-likeness (QED) is 0.0635. The molecule has 2 N–H and O–H groups in total. The highest BCUT2D eigenvalue weighted by molar-refractivity contribution is 8.77. The normalized spacial score (nSPS) is 10.5. The molecule has 0 spiro atoms. The third kappa shape index (κ3) is 16.4. The van der Waals surface area contributed by atoms with Crippen LogP contribution < -0.4 is 15.2 Å². The molecule has 8 nitrogen and oxygen atoms in total. The van der Waals surface area contributed by atoms with Gasteiger partial charge in [-0.2, -0.15) is 0 Å². The first-order valence-electron chi connectivity index (χ1n) is 14.4. The van der Waals surface area contributed by atoms with Crippen molar-refractivity contribution in [2.24, 2.45) is 7.05 Å². The molecule has 0 unspecified atom stereocenters. The zero-order chi connectivity index (χ0) is 33.4. The van der Waals surface area contributed by atoms with Crippen LogP contribution in [0.25, 0.3) is 24.3 Å². The molecule has 0 bridgehead atoms. The van der Waals surface area contributed by atoms with Crippen molar-refractivity contribution in [1.82, 2.24) is 4.98 Å². The summed E-state index contributed by atoms with van der Waals surface area (Å²) in [6.07, 6.45) is 15.6. The Morgan fingerprint density at radius 3 is 1.39 bits per heavy atom. The van der Waals surface area contributed by atoms with Gasteiger partial charge in [-0.15, -0.1) is 0 Å². The van der Waals surface area contributed by atoms with E-state index in [0.29, 0.717) is 0 Å². The van der Waals surface area contributed by atoms with Crippen molar-refractivity contribution in [2.45, 2.75) is 13.8 Å². The fraction of sp³-hybridized carbons (Fsp3) is 0.200. The Morgan fingerprint density at radius 2 is 1.02 bits per heavy atom. The summed E-state index contributed by atoms with van der Waals surface area (Å²) in [5.41, 5.74) is 5.76. The summed E-state index contributed by atoms with van der Waals surface area (Å²) in [6, 6.07) is 23.3. The minimum Gasteiger partial charge on any atom is -0.325 e. The summed E-state index contributed by atoms with van der Waals surface area (Å²) in [4.78, 5) is 28.5. The molecule has 0 aliphatic heterocycles. The van der Waals surface area contributed by atoms with Gasteiger partial charge in [0.2, 0.25) is 11.8 Å². The van der Waals surface area contributed by atoms with E-state index in [4.69, 9.17) is 0 Å². The first-order valence-corrected chi connectivity index (χ1v) is 17.6. The van der Waals surface area contributed by atoms with E-state index in [2.05, 4.69) is 30.1 Å². The van der Waals surface area contributed by atoms with Crippen LogP contribution in [0.2, 0.25) is 0 Å². The maximum atomic E-state index is 12.3. The van der Waals surface area contributed by atoms with Crippen molar-refractivity contribution < 1.29 is 22.5 Å². The van der Waals surface area contributed by atoms with Crippen LogP contribution in [-0.4, -0.2) is 42.5 Å². The van der Waals surface area contributed by atoms with Gasteiger partial charge >= 0.3 is 0 Å². The van der Waals surface area contributed by atoms with E-state index < -0.39 is 0 Å². The highest BCUT2D eigenvalue weighted by Gasteiger charge is 2.07. The van der Waals surface area contributed by atoms with Gasteiger partial charge in [-0.05, 0) is 58.7 Å². The lowest BCUT2D eigenvalue weighted by Crippen LogP contribution is -2.25. The Balaban J connectivity index is 0.000000959. The summed E-state index contributed by atoms with van der Waals surface area (Å²) in [5, 5.41) is 5.78. The average Bonchev–Trinajstić information content (AvgIpc) is 3.09. The van der Waals surface area contributed by atoms with E-state index in [1.165, 1.54) is 21.6 Å². The molecule has 0 fully saturated rings. The highest BCUT2D eigenvalue weighted by Crippen LogP contribution is 2.22. The van der Waals surface area contributed by atoms with Crippen molar-refractivity contribution in [1.29, 1.82) is 0 Å². The second kappa shape index (κ2) is 23.5. The molecule has 4 aromatic rings. The van der Waals surface area contributed by atoms with Gasteiger partial charge in [0.05, 0.1) is 25.7 Å². The van der Waals surface area contributed by atoms with E-state index in [1.54, 1.807) is 26.6 Å². The van der Waals surface area contributed by atoms with E-state index >= 15 is 0 Å². The predicted molar refractivity (Wildman–Crippen MR) is 198 cm³/mol. The van der Waals surface area contributed by atoms with Crippen molar-refractivity contribution in [3.63, 3.8) is 0 Å². The maximum absolute atomic E-state index is 12.3. The highest BCUT2D eigenvalue weighted by atomic mass is 33.1. The Kier molecular flexibility index (Phi) is 19.5. The molecule has 2 heterocycles. The number of benzene rings is 2. The molecule has 0 saturated carbocycles. The number of hydrogen-bond acceptors (Lipinski definition) is 8. The predicted octanol–water partition coefficient (Wildman–Crippen LogP) is 8.07. The molecule has 0 aliphatic rings. The minimum atomic E-state index is -0.110. The van der Waals surface area contributed by atoms with Crippen molar-refractivity contribution >= 4 is 81.4 Å². The second-order valence-corrected chi connectivity index (χ2v) is 12.3. The number of nitrogens with one attached hydrogen (secondary N) is 2. The van der Waals surface area contributed by atoms with Gasteiger partial charge in [0, 0.05) is 35.9 Å². The lowest BCUT2D eigenvalue weighted by molar-refractivity contribution is -0.671. The number of amides is 2. The van der Waals surface area contributed by atoms with Crippen LogP contribution in [0.15, 0.2) is 97.6 Å². The third-order valence-corrected chi connectivity index (χ3v) is 8.04. The zero-order valence-electron chi connectivity index (χ0n) is 26.7. The van der Waals surface area contributed by atoms with Crippen molar-refractivity contribution in [3.8, 4) is 0 Å². The van der Waals surface area contributed by atoms with Gasteiger partial charge in [-0.25, -0.2) is 4.57 Å². The maximum Gasteiger partial charge on any atom is 0.235 e. The second-order valence-electron chi connectivity index (χ2n) is 9.01. The van der Waals surface area contributed by atoms with Crippen LogP contribution in [-0.2, 0) is 25.0 Å². The first kappa shape index (κ1) is 38.3. The number of carbonyl (C=O) groups excluding carboxylic acids is 2. The van der Waals surface area contributed by atoms with E-state index in [0.717, 1.165) is 46.0 Å². The first-order chi connectivity index (χ1) is 22.4. The van der Waals surface area contributed by atoms with Crippen LogP contribution in [0.1, 0.15) is 36.1 Å². The van der Waals surface area contributed by atoms with Crippen LogP contribution in [0.5, 0.6) is 0 Å². The number of aromatic nitrogens is 2. The number of hydrogen-bond donors (Lipinski definition) is 2. The molecule has 0 saturated heterocycles. The molecular weight excluding hydrogens is 637 g/mol. The molecule has 0 aliphatic carbocycles. The van der Waals surface area contributed by atoms with E-state index in [9.17, 15) is 9.59 Å². The standard InChI is InChI=1S/C31H28N4O2S2.C2H6O2S.C2H6/c1-35-20-16-27(17-21-35)5-3-25-8-12-29(13-9-25)34-31(37)23-39-38-22-30(36)33-28-10-6-24(7-11-28)2-4-26-14-18-32-19-15-26;1-3-5-4-2;1-2/h2-21H,22-23H2,1H3,(H,32,33,36);1-2H3;1-2H3/p+1. The van der Waals surface area contributed by atoms with Gasteiger partial charge < -0.3 is 10.6 Å². The summed E-state index contributed by atoms with van der Waals surface area (Å²) in [7, 11) is 7.79. The lowest BCUT2D eigenvalue weighted by Gasteiger charge is -2.07. The Morgan fingerprint density at radius 1 is 0.652 bits per heavy atom. The molecule has 242 valence electrons. The summed E-state index contributed by atoms with van der Waals surface area (Å²) >= 11 is 0.963. The van der Waals surface area contributed by atoms with Gasteiger partial charge in [0.1, 0.15) is 7.05 Å². The number of nitrogens with zero attached hydrogens (tertiary/aromatic N) is 2. The minimum absolute atomic E-state index is 0.108. The van der Waals surface area contributed by atoms with E-state index in [-0.39, 0.29) is 23.3 Å². The van der Waals surface area contributed by atoms with Crippen molar-refractivity contribution in [3.05, 3.63) is 120 Å². The Labute approximate surface area is 284 Å². The smallest absolute Gasteiger partial charge is 0.235 e. The molecule has 11 heteroatoms. The Hall–Kier alpha value is -3.87. The topological polar surface area (TPSA) is 93.4 Å². The van der Waals surface area contributed by atoms with Crippen LogP contribution in [0.3, 0.4) is 0 Å². The number of pyridine rings is 2. The van der Waals surface area contributed by atoms with Crippen LogP contribution in [0, 0.1) is 0 Å². The Bertz CT molecular complexity index is 1480. The van der Waals surface area contributed by atoms with Gasteiger partial charge in [-0.3, -0.25) is 22.9 Å². The largest absolute Gasteiger partial charge is 0.325 e. The fourth-order valence-corrected chi connectivity index (χ4v) is 5.29. The van der Waals surface area contributed by atoms with Crippen molar-refractivity contribution in [2.75, 3.05) is 36.4 Å². The van der Waals surface area contributed by atoms with Gasteiger partial charge in [0.15, 0.2) is 24.7 Å². The number of rotatable bonds is 13. The molecule has 0 atom stereocenters. The van der Waals surface area contributed by atoms with Gasteiger partial charge in [-0.1, -0.05) is 84.0 Å². The SMILES string of the molecule is CC.COSOC.C[n+]1ccc(/C=C/c2ccc(NC(=O)CSSCC(=O)Nc3ccc(/C=C/c4ccncc4)cc3)cc2)cc1. The molecular formula is C35H41N4O4S3+.